The maximum Gasteiger partial charge on any atom is 0.241 e. The standard InChI is InChI=1S/C15H19N3O/c1-15(2,3)13(16)14(19)18-11-6-7-12-10(9-11)5-4-8-17-12/h4-9,13H,16H2,1-3H3,(H,18,19). The van der Waals surface area contributed by atoms with Crippen LogP contribution in [0, 0.1) is 5.41 Å². The molecular weight excluding hydrogens is 238 g/mol. The van der Waals surface area contributed by atoms with E-state index in [0.717, 1.165) is 16.6 Å². The number of hydrogen-bond donors (Lipinski definition) is 2. The molecule has 19 heavy (non-hydrogen) atoms. The Labute approximate surface area is 113 Å². The van der Waals surface area contributed by atoms with Gasteiger partial charge in [-0.3, -0.25) is 9.78 Å². The van der Waals surface area contributed by atoms with E-state index in [9.17, 15) is 4.79 Å². The highest BCUT2D eigenvalue weighted by Gasteiger charge is 2.27. The fourth-order valence-electron chi connectivity index (χ4n) is 1.77. The number of hydrogen-bond acceptors (Lipinski definition) is 3. The third-order valence-corrected chi connectivity index (χ3v) is 3.09. The van der Waals surface area contributed by atoms with Crippen LogP contribution in [0.2, 0.25) is 0 Å². The molecule has 1 atom stereocenters. The first kappa shape index (κ1) is 13.5. The molecule has 1 amide bonds. The Morgan fingerprint density at radius 2 is 2.05 bits per heavy atom. The van der Waals surface area contributed by atoms with Crippen LogP contribution < -0.4 is 11.1 Å². The molecule has 100 valence electrons. The highest BCUT2D eigenvalue weighted by atomic mass is 16.2. The van der Waals surface area contributed by atoms with E-state index in [0.29, 0.717) is 0 Å². The normalized spacial score (nSPS) is 13.3. The van der Waals surface area contributed by atoms with Crippen molar-refractivity contribution in [2.24, 2.45) is 11.1 Å². The quantitative estimate of drug-likeness (QED) is 0.868. The zero-order valence-electron chi connectivity index (χ0n) is 11.5. The van der Waals surface area contributed by atoms with E-state index in [-0.39, 0.29) is 11.3 Å². The van der Waals surface area contributed by atoms with Crippen molar-refractivity contribution in [3.8, 4) is 0 Å². The predicted molar refractivity (Wildman–Crippen MR) is 77.8 cm³/mol. The average molecular weight is 257 g/mol. The van der Waals surface area contributed by atoms with Gasteiger partial charge in [-0.05, 0) is 29.7 Å². The molecule has 4 nitrogen and oxygen atoms in total. The zero-order valence-corrected chi connectivity index (χ0v) is 11.5. The van der Waals surface area contributed by atoms with E-state index in [1.54, 1.807) is 6.20 Å². The molecule has 0 aliphatic carbocycles. The lowest BCUT2D eigenvalue weighted by Gasteiger charge is -2.25. The second-order valence-electron chi connectivity index (χ2n) is 5.74. The summed E-state index contributed by atoms with van der Waals surface area (Å²) in [6, 6.07) is 8.90. The Bertz CT molecular complexity index is 602. The molecule has 0 saturated carbocycles. The predicted octanol–water partition coefficient (Wildman–Crippen LogP) is 2.55. The summed E-state index contributed by atoms with van der Waals surface area (Å²) in [7, 11) is 0. The molecule has 1 aromatic carbocycles. The van der Waals surface area contributed by atoms with Gasteiger partial charge in [-0.25, -0.2) is 0 Å². The van der Waals surface area contributed by atoms with Crippen LogP contribution in [0.25, 0.3) is 10.9 Å². The van der Waals surface area contributed by atoms with Crippen LogP contribution in [-0.4, -0.2) is 16.9 Å². The molecule has 0 aliphatic heterocycles. The lowest BCUT2D eigenvalue weighted by atomic mass is 9.87. The average Bonchev–Trinajstić information content (AvgIpc) is 2.36. The van der Waals surface area contributed by atoms with Gasteiger partial charge in [0.15, 0.2) is 0 Å². The number of anilines is 1. The molecule has 0 aliphatic rings. The van der Waals surface area contributed by atoms with Gasteiger partial charge in [0.2, 0.25) is 5.91 Å². The van der Waals surface area contributed by atoms with Crippen molar-refractivity contribution in [1.29, 1.82) is 0 Å². The molecule has 1 heterocycles. The zero-order chi connectivity index (χ0) is 14.0. The number of nitrogens with two attached hydrogens (primary N) is 1. The fourth-order valence-corrected chi connectivity index (χ4v) is 1.77. The van der Waals surface area contributed by atoms with Crippen LogP contribution in [0.4, 0.5) is 5.69 Å². The third-order valence-electron chi connectivity index (χ3n) is 3.09. The van der Waals surface area contributed by atoms with E-state index in [4.69, 9.17) is 5.73 Å². The first-order chi connectivity index (χ1) is 8.88. The highest BCUT2D eigenvalue weighted by molar-refractivity contribution is 5.97. The number of amides is 1. The molecule has 4 heteroatoms. The number of pyridine rings is 1. The summed E-state index contributed by atoms with van der Waals surface area (Å²) in [4.78, 5) is 16.3. The number of benzene rings is 1. The number of carbonyl (C=O) groups is 1. The molecule has 1 aromatic heterocycles. The maximum absolute atomic E-state index is 12.0. The molecule has 0 fully saturated rings. The van der Waals surface area contributed by atoms with Crippen LogP contribution >= 0.6 is 0 Å². The van der Waals surface area contributed by atoms with E-state index in [1.165, 1.54) is 0 Å². The van der Waals surface area contributed by atoms with Gasteiger partial charge in [0.05, 0.1) is 11.6 Å². The van der Waals surface area contributed by atoms with Crippen molar-refractivity contribution in [3.63, 3.8) is 0 Å². The van der Waals surface area contributed by atoms with Crippen molar-refractivity contribution in [2.75, 3.05) is 5.32 Å². The molecule has 0 radical (unpaired) electrons. The Morgan fingerprint density at radius 3 is 2.74 bits per heavy atom. The molecule has 1 unspecified atom stereocenters. The lowest BCUT2D eigenvalue weighted by molar-refractivity contribution is -0.119. The molecule has 2 aromatic rings. The largest absolute Gasteiger partial charge is 0.325 e. The van der Waals surface area contributed by atoms with Crippen molar-refractivity contribution in [2.45, 2.75) is 26.8 Å². The van der Waals surface area contributed by atoms with Crippen LogP contribution in [0.15, 0.2) is 36.5 Å². The van der Waals surface area contributed by atoms with Crippen molar-refractivity contribution < 1.29 is 4.79 Å². The number of carbonyl (C=O) groups excluding carboxylic acids is 1. The first-order valence-electron chi connectivity index (χ1n) is 6.29. The van der Waals surface area contributed by atoms with E-state index in [1.807, 2.05) is 51.1 Å². The smallest absolute Gasteiger partial charge is 0.241 e. The van der Waals surface area contributed by atoms with Gasteiger partial charge < -0.3 is 11.1 Å². The number of fused-ring (bicyclic) bond motifs is 1. The molecule has 2 rings (SSSR count). The second-order valence-corrected chi connectivity index (χ2v) is 5.74. The second kappa shape index (κ2) is 4.97. The third kappa shape index (κ3) is 3.09. The van der Waals surface area contributed by atoms with Gasteiger partial charge in [0.1, 0.15) is 0 Å². The monoisotopic (exact) mass is 257 g/mol. The Kier molecular flexibility index (Phi) is 3.53. The van der Waals surface area contributed by atoms with E-state index < -0.39 is 6.04 Å². The fraction of sp³-hybridized carbons (Fsp3) is 0.333. The SMILES string of the molecule is CC(C)(C)C(N)C(=O)Nc1ccc2ncccc2c1. The summed E-state index contributed by atoms with van der Waals surface area (Å²) in [5.41, 5.74) is 7.31. The molecular formula is C15H19N3O. The van der Waals surface area contributed by atoms with E-state index in [2.05, 4.69) is 10.3 Å². The van der Waals surface area contributed by atoms with Gasteiger partial charge in [0.25, 0.3) is 0 Å². The molecule has 3 N–H and O–H groups in total. The summed E-state index contributed by atoms with van der Waals surface area (Å²) in [5.74, 6) is -0.171. The topological polar surface area (TPSA) is 68.0 Å². The van der Waals surface area contributed by atoms with Crippen LogP contribution in [0.5, 0.6) is 0 Å². The van der Waals surface area contributed by atoms with Crippen LogP contribution in [0.1, 0.15) is 20.8 Å². The first-order valence-corrected chi connectivity index (χ1v) is 6.29. The highest BCUT2D eigenvalue weighted by Crippen LogP contribution is 2.21. The van der Waals surface area contributed by atoms with Gasteiger partial charge >= 0.3 is 0 Å². The molecule has 0 spiro atoms. The summed E-state index contributed by atoms with van der Waals surface area (Å²) in [5, 5.41) is 3.84. The number of nitrogens with zero attached hydrogens (tertiary/aromatic N) is 1. The molecule has 0 saturated heterocycles. The number of nitrogens with one attached hydrogen (secondary N) is 1. The van der Waals surface area contributed by atoms with Gasteiger partial charge in [-0.2, -0.15) is 0 Å². The van der Waals surface area contributed by atoms with Gasteiger partial charge in [-0.1, -0.05) is 26.8 Å². The Balaban J connectivity index is 2.20. The summed E-state index contributed by atoms with van der Waals surface area (Å²) in [6.07, 6.45) is 1.75. The Hall–Kier alpha value is -1.94. The summed E-state index contributed by atoms with van der Waals surface area (Å²) in [6.45, 7) is 5.84. The number of rotatable bonds is 2. The summed E-state index contributed by atoms with van der Waals surface area (Å²) >= 11 is 0. The van der Waals surface area contributed by atoms with Crippen molar-refractivity contribution in [3.05, 3.63) is 36.5 Å². The van der Waals surface area contributed by atoms with E-state index >= 15 is 0 Å². The summed E-state index contributed by atoms with van der Waals surface area (Å²) < 4.78 is 0. The minimum atomic E-state index is -0.544. The van der Waals surface area contributed by atoms with Gasteiger partial charge in [0, 0.05) is 17.3 Å². The van der Waals surface area contributed by atoms with Gasteiger partial charge in [-0.15, -0.1) is 0 Å². The molecule has 0 bridgehead atoms. The maximum atomic E-state index is 12.0. The minimum Gasteiger partial charge on any atom is -0.325 e. The lowest BCUT2D eigenvalue weighted by Crippen LogP contribution is -2.45. The number of aromatic nitrogens is 1. The van der Waals surface area contributed by atoms with Crippen molar-refractivity contribution in [1.82, 2.24) is 4.98 Å². The minimum absolute atomic E-state index is 0.171. The van der Waals surface area contributed by atoms with Crippen LogP contribution in [0.3, 0.4) is 0 Å². The Morgan fingerprint density at radius 1 is 1.32 bits per heavy atom. The van der Waals surface area contributed by atoms with Crippen molar-refractivity contribution >= 4 is 22.5 Å². The van der Waals surface area contributed by atoms with Crippen LogP contribution in [-0.2, 0) is 4.79 Å².